The molecule has 26 heavy (non-hydrogen) atoms. The van der Waals surface area contributed by atoms with Crippen molar-refractivity contribution in [2.24, 2.45) is 0 Å². The smallest absolute Gasteiger partial charge is 0.267 e. The first-order valence-corrected chi connectivity index (χ1v) is 10.5. The lowest BCUT2D eigenvalue weighted by atomic mass is 10.1. The highest BCUT2D eigenvalue weighted by Crippen LogP contribution is 2.33. The molecule has 3 heterocycles. The van der Waals surface area contributed by atoms with Gasteiger partial charge in [-0.1, -0.05) is 0 Å². The van der Waals surface area contributed by atoms with E-state index in [2.05, 4.69) is 10.2 Å². The molecule has 0 atom stereocenters. The van der Waals surface area contributed by atoms with E-state index in [1.165, 1.54) is 10.7 Å². The Kier molecular flexibility index (Phi) is 4.23. The highest BCUT2D eigenvalue weighted by atomic mass is 32.2. The molecule has 0 unspecified atom stereocenters. The summed E-state index contributed by atoms with van der Waals surface area (Å²) in [7, 11) is -3.15. The number of hydrogen-bond acceptors (Lipinski definition) is 5. The SMILES string of the molecule is Cc1cc(C)n(-c2ccc(=O)n(C3CCN(S(=O)(=O)C4CC4)CC3)n2)n1. The zero-order chi connectivity index (χ0) is 18.5. The highest BCUT2D eigenvalue weighted by molar-refractivity contribution is 7.90. The van der Waals surface area contributed by atoms with Gasteiger partial charge in [0.25, 0.3) is 5.56 Å². The van der Waals surface area contributed by atoms with E-state index in [1.54, 1.807) is 15.1 Å². The van der Waals surface area contributed by atoms with Gasteiger partial charge in [-0.2, -0.15) is 5.10 Å². The predicted molar refractivity (Wildman–Crippen MR) is 96.9 cm³/mol. The number of aryl methyl sites for hydroxylation is 2. The fraction of sp³-hybridized carbons (Fsp3) is 0.588. The molecule has 1 saturated carbocycles. The third kappa shape index (κ3) is 3.09. The molecular formula is C17H23N5O3S. The molecule has 2 aliphatic rings. The molecule has 2 aromatic rings. The van der Waals surface area contributed by atoms with Crippen LogP contribution in [0.2, 0.25) is 0 Å². The van der Waals surface area contributed by atoms with E-state index >= 15 is 0 Å². The van der Waals surface area contributed by atoms with Crippen LogP contribution in [-0.4, -0.2) is 50.6 Å². The summed E-state index contributed by atoms with van der Waals surface area (Å²) in [4.78, 5) is 12.3. The maximum Gasteiger partial charge on any atom is 0.267 e. The Hall–Kier alpha value is -2.00. The lowest BCUT2D eigenvalue weighted by Crippen LogP contribution is -2.42. The van der Waals surface area contributed by atoms with Crippen molar-refractivity contribution < 1.29 is 8.42 Å². The van der Waals surface area contributed by atoms with E-state index in [4.69, 9.17) is 0 Å². The molecule has 0 bridgehead atoms. The predicted octanol–water partition coefficient (Wildman–Crippen LogP) is 1.17. The summed E-state index contributed by atoms with van der Waals surface area (Å²) in [5, 5.41) is 8.74. The maximum atomic E-state index is 12.4. The minimum Gasteiger partial charge on any atom is -0.268 e. The van der Waals surface area contributed by atoms with Crippen LogP contribution < -0.4 is 5.56 Å². The second-order valence-electron chi connectivity index (χ2n) is 7.19. The second-order valence-corrected chi connectivity index (χ2v) is 9.40. The van der Waals surface area contributed by atoms with Crippen LogP contribution >= 0.6 is 0 Å². The number of aromatic nitrogens is 4. The Morgan fingerprint density at radius 2 is 1.73 bits per heavy atom. The van der Waals surface area contributed by atoms with Crippen LogP contribution in [0.1, 0.15) is 43.1 Å². The molecule has 1 aliphatic heterocycles. The van der Waals surface area contributed by atoms with Crippen LogP contribution in [0.5, 0.6) is 0 Å². The van der Waals surface area contributed by atoms with Gasteiger partial charge in [0.2, 0.25) is 10.0 Å². The van der Waals surface area contributed by atoms with Crippen molar-refractivity contribution in [1.29, 1.82) is 0 Å². The summed E-state index contributed by atoms with van der Waals surface area (Å²) in [5.74, 6) is 0.600. The quantitative estimate of drug-likeness (QED) is 0.798. The number of nitrogens with zero attached hydrogens (tertiary/aromatic N) is 5. The van der Waals surface area contributed by atoms with E-state index in [1.807, 2.05) is 19.9 Å². The molecule has 2 fully saturated rings. The number of hydrogen-bond donors (Lipinski definition) is 0. The molecule has 2 aromatic heterocycles. The monoisotopic (exact) mass is 377 g/mol. The van der Waals surface area contributed by atoms with Gasteiger partial charge in [0.05, 0.1) is 17.0 Å². The molecule has 8 nitrogen and oxygen atoms in total. The van der Waals surface area contributed by atoms with Gasteiger partial charge < -0.3 is 0 Å². The van der Waals surface area contributed by atoms with Crippen molar-refractivity contribution in [3.05, 3.63) is 39.9 Å². The molecule has 0 amide bonds. The highest BCUT2D eigenvalue weighted by Gasteiger charge is 2.41. The van der Waals surface area contributed by atoms with Gasteiger partial charge in [-0.15, -0.1) is 5.10 Å². The van der Waals surface area contributed by atoms with Crippen molar-refractivity contribution in [2.75, 3.05) is 13.1 Å². The Morgan fingerprint density at radius 1 is 1.04 bits per heavy atom. The molecule has 0 spiro atoms. The Labute approximate surface area is 152 Å². The standard InChI is InChI=1S/C17H23N5O3S/c1-12-11-13(2)21(18-12)16-5-6-17(23)22(19-16)14-7-9-20(10-8-14)26(24,25)15-3-4-15/h5-6,11,14-15H,3-4,7-10H2,1-2H3. The Bertz CT molecular complexity index is 982. The zero-order valence-corrected chi connectivity index (χ0v) is 15.8. The molecular weight excluding hydrogens is 354 g/mol. The minimum absolute atomic E-state index is 0.0925. The average Bonchev–Trinajstić information content (AvgIpc) is 3.41. The van der Waals surface area contributed by atoms with Crippen LogP contribution in [0.3, 0.4) is 0 Å². The summed E-state index contributed by atoms with van der Waals surface area (Å²) in [6, 6.07) is 5.04. The van der Waals surface area contributed by atoms with Gasteiger partial charge >= 0.3 is 0 Å². The Balaban J connectivity index is 1.56. The number of rotatable bonds is 4. The van der Waals surface area contributed by atoms with Gasteiger partial charge in [-0.25, -0.2) is 22.1 Å². The molecule has 140 valence electrons. The zero-order valence-electron chi connectivity index (χ0n) is 15.0. The van der Waals surface area contributed by atoms with E-state index in [9.17, 15) is 13.2 Å². The Morgan fingerprint density at radius 3 is 2.31 bits per heavy atom. The molecule has 4 rings (SSSR count). The van der Waals surface area contributed by atoms with Crippen molar-refractivity contribution in [2.45, 2.75) is 50.8 Å². The summed E-state index contributed by atoms with van der Waals surface area (Å²) in [6.07, 6.45) is 2.74. The van der Waals surface area contributed by atoms with Crippen LogP contribution in [0.4, 0.5) is 0 Å². The molecule has 1 saturated heterocycles. The topological polar surface area (TPSA) is 90.1 Å². The first-order chi connectivity index (χ1) is 12.4. The first kappa shape index (κ1) is 17.4. The van der Waals surface area contributed by atoms with E-state index in [0.29, 0.717) is 31.7 Å². The number of sulfonamides is 1. The fourth-order valence-corrected chi connectivity index (χ4v) is 5.44. The molecule has 0 radical (unpaired) electrons. The van der Waals surface area contributed by atoms with Crippen LogP contribution in [-0.2, 0) is 10.0 Å². The minimum atomic E-state index is -3.15. The van der Waals surface area contributed by atoms with Gasteiger partial charge in [-0.3, -0.25) is 4.79 Å². The summed E-state index contributed by atoms with van der Waals surface area (Å²) in [5.41, 5.74) is 1.67. The van der Waals surface area contributed by atoms with Gasteiger partial charge in [0.1, 0.15) is 0 Å². The maximum absolute atomic E-state index is 12.4. The van der Waals surface area contributed by atoms with Gasteiger partial charge in [0.15, 0.2) is 5.82 Å². The third-order valence-corrected chi connectivity index (χ3v) is 7.51. The van der Waals surface area contributed by atoms with E-state index < -0.39 is 10.0 Å². The number of piperidine rings is 1. The normalized spacial score (nSPS) is 19.8. The molecule has 0 N–H and O–H groups in total. The van der Waals surface area contributed by atoms with Crippen molar-refractivity contribution in [3.63, 3.8) is 0 Å². The van der Waals surface area contributed by atoms with Crippen LogP contribution in [0, 0.1) is 13.8 Å². The average molecular weight is 377 g/mol. The van der Waals surface area contributed by atoms with Crippen molar-refractivity contribution in [1.82, 2.24) is 23.9 Å². The van der Waals surface area contributed by atoms with Crippen LogP contribution in [0.25, 0.3) is 5.82 Å². The lowest BCUT2D eigenvalue weighted by Gasteiger charge is -2.31. The van der Waals surface area contributed by atoms with E-state index in [-0.39, 0.29) is 16.9 Å². The fourth-order valence-electron chi connectivity index (χ4n) is 3.57. The van der Waals surface area contributed by atoms with E-state index in [0.717, 1.165) is 24.2 Å². The molecule has 9 heteroatoms. The van der Waals surface area contributed by atoms with Crippen molar-refractivity contribution >= 4 is 10.0 Å². The second kappa shape index (κ2) is 6.31. The lowest BCUT2D eigenvalue weighted by molar-refractivity contribution is 0.254. The van der Waals surface area contributed by atoms with Crippen LogP contribution in [0.15, 0.2) is 23.0 Å². The summed E-state index contributed by atoms with van der Waals surface area (Å²) < 4.78 is 29.5. The molecule has 1 aliphatic carbocycles. The molecule has 0 aromatic carbocycles. The third-order valence-electron chi connectivity index (χ3n) is 5.11. The van der Waals surface area contributed by atoms with Gasteiger partial charge in [-0.05, 0) is 51.7 Å². The first-order valence-electron chi connectivity index (χ1n) is 8.99. The summed E-state index contributed by atoms with van der Waals surface area (Å²) in [6.45, 7) is 4.75. The largest absolute Gasteiger partial charge is 0.268 e. The van der Waals surface area contributed by atoms with Gasteiger partial charge in [0, 0.05) is 24.8 Å². The van der Waals surface area contributed by atoms with Crippen molar-refractivity contribution in [3.8, 4) is 5.82 Å². The summed E-state index contributed by atoms with van der Waals surface area (Å²) >= 11 is 0.